The highest BCUT2D eigenvalue weighted by molar-refractivity contribution is 6.28. The molecule has 0 radical (unpaired) electrons. The first-order chi connectivity index (χ1) is 20.9. The summed E-state index contributed by atoms with van der Waals surface area (Å²) >= 11 is 0. The number of anilines is 3. The molecule has 0 unspecified atom stereocenters. The number of aromatic nitrogens is 1. The molecular formula is C41H34N2. The maximum Gasteiger partial charge on any atom is 0.0783 e. The SMILES string of the molecule is Cc1cc(C(C)C)c2ccc3c(N4c5ccccc5-n5c6ccccc6c6cccc4c65)cc(C(C)C)c4ccc1c2c43. The van der Waals surface area contributed by atoms with Gasteiger partial charge in [0.1, 0.15) is 0 Å². The van der Waals surface area contributed by atoms with Crippen molar-refractivity contribution in [1.29, 1.82) is 0 Å². The van der Waals surface area contributed by atoms with Gasteiger partial charge < -0.3 is 9.47 Å². The molecule has 43 heavy (non-hydrogen) atoms. The lowest BCUT2D eigenvalue weighted by atomic mass is 9.83. The standard InChI is InChI=1S/C41H34N2/c1-23(2)32-21-25(5)26-17-18-29-33(24(3)4)22-38(31-20-19-28(32)39(26)40(29)31)42-35-14-8-9-15-36(35)43-34-13-7-6-11-27(34)30-12-10-16-37(42)41(30)43/h6-24H,1-5H3. The first-order valence-electron chi connectivity index (χ1n) is 15.6. The smallest absolute Gasteiger partial charge is 0.0783 e. The van der Waals surface area contributed by atoms with Crippen molar-refractivity contribution >= 4 is 71.2 Å². The van der Waals surface area contributed by atoms with E-state index in [-0.39, 0.29) is 0 Å². The second-order valence-electron chi connectivity index (χ2n) is 13.0. The summed E-state index contributed by atoms with van der Waals surface area (Å²) in [4.78, 5) is 2.55. The van der Waals surface area contributed by atoms with E-state index in [0.29, 0.717) is 11.8 Å². The molecule has 208 valence electrons. The third kappa shape index (κ3) is 3.13. The molecule has 0 saturated carbocycles. The van der Waals surface area contributed by atoms with Crippen molar-refractivity contribution in [2.45, 2.75) is 46.5 Å². The van der Waals surface area contributed by atoms with Crippen molar-refractivity contribution in [2.24, 2.45) is 0 Å². The molecule has 7 aromatic carbocycles. The van der Waals surface area contributed by atoms with E-state index < -0.39 is 0 Å². The van der Waals surface area contributed by atoms with Crippen molar-refractivity contribution in [3.8, 4) is 5.69 Å². The fraction of sp³-hybridized carbons (Fsp3) is 0.171. The minimum atomic E-state index is 0.385. The summed E-state index contributed by atoms with van der Waals surface area (Å²) in [6.45, 7) is 11.6. The van der Waals surface area contributed by atoms with E-state index in [4.69, 9.17) is 0 Å². The summed E-state index contributed by atoms with van der Waals surface area (Å²) in [5, 5.41) is 10.9. The Hall–Kier alpha value is -4.82. The topological polar surface area (TPSA) is 8.17 Å². The Morgan fingerprint density at radius 3 is 1.81 bits per heavy atom. The van der Waals surface area contributed by atoms with Crippen LogP contribution in [0.1, 0.15) is 56.2 Å². The van der Waals surface area contributed by atoms with Gasteiger partial charge in [-0.05, 0) is 92.7 Å². The average molecular weight is 555 g/mol. The Morgan fingerprint density at radius 1 is 0.465 bits per heavy atom. The first-order valence-corrected chi connectivity index (χ1v) is 15.6. The number of fused-ring (bicyclic) bond motifs is 5. The third-order valence-corrected chi connectivity index (χ3v) is 9.91. The van der Waals surface area contributed by atoms with Crippen LogP contribution in [0.2, 0.25) is 0 Å². The van der Waals surface area contributed by atoms with Crippen LogP contribution in [0, 0.1) is 6.92 Å². The summed E-state index contributed by atoms with van der Waals surface area (Å²) in [6, 6.07) is 39.0. The van der Waals surface area contributed by atoms with Crippen molar-refractivity contribution < 1.29 is 0 Å². The van der Waals surface area contributed by atoms with Crippen molar-refractivity contribution in [3.05, 3.63) is 120 Å². The number of benzene rings is 7. The Kier molecular flexibility index (Phi) is 4.96. The van der Waals surface area contributed by atoms with E-state index >= 15 is 0 Å². The molecule has 1 aliphatic heterocycles. The van der Waals surface area contributed by atoms with E-state index in [1.54, 1.807) is 0 Å². The maximum atomic E-state index is 2.55. The molecule has 9 rings (SSSR count). The second kappa shape index (κ2) is 8.61. The molecule has 0 saturated heterocycles. The molecule has 8 aromatic rings. The molecule has 0 N–H and O–H groups in total. The van der Waals surface area contributed by atoms with E-state index in [9.17, 15) is 0 Å². The molecule has 0 amide bonds. The van der Waals surface area contributed by atoms with Crippen LogP contribution in [-0.2, 0) is 0 Å². The molecule has 1 aliphatic rings. The second-order valence-corrected chi connectivity index (χ2v) is 13.0. The van der Waals surface area contributed by atoms with Gasteiger partial charge in [0.2, 0.25) is 0 Å². The number of hydrogen-bond donors (Lipinski definition) is 0. The monoisotopic (exact) mass is 554 g/mol. The van der Waals surface area contributed by atoms with Gasteiger partial charge in [0.15, 0.2) is 0 Å². The van der Waals surface area contributed by atoms with Crippen molar-refractivity contribution in [3.63, 3.8) is 0 Å². The molecular weight excluding hydrogens is 520 g/mol. The van der Waals surface area contributed by atoms with Crippen LogP contribution in [0.3, 0.4) is 0 Å². The first kappa shape index (κ1) is 24.7. The number of para-hydroxylation sites is 4. The maximum absolute atomic E-state index is 2.55. The van der Waals surface area contributed by atoms with E-state index in [0.717, 1.165) is 0 Å². The van der Waals surface area contributed by atoms with Crippen LogP contribution in [0.5, 0.6) is 0 Å². The highest BCUT2D eigenvalue weighted by Crippen LogP contribution is 2.53. The number of hydrogen-bond acceptors (Lipinski definition) is 1. The zero-order valence-electron chi connectivity index (χ0n) is 25.4. The van der Waals surface area contributed by atoms with E-state index in [1.165, 1.54) is 93.6 Å². The molecule has 0 atom stereocenters. The molecule has 0 aliphatic carbocycles. The van der Waals surface area contributed by atoms with Gasteiger partial charge in [-0.1, -0.05) is 100 Å². The third-order valence-electron chi connectivity index (χ3n) is 9.91. The molecule has 2 heteroatoms. The lowest BCUT2D eigenvalue weighted by Crippen LogP contribution is -2.18. The largest absolute Gasteiger partial charge is 0.306 e. The number of aryl methyl sites for hydroxylation is 1. The molecule has 2 nitrogen and oxygen atoms in total. The molecule has 0 spiro atoms. The predicted molar refractivity (Wildman–Crippen MR) is 186 cm³/mol. The minimum Gasteiger partial charge on any atom is -0.306 e. The van der Waals surface area contributed by atoms with Gasteiger partial charge in [-0.15, -0.1) is 0 Å². The fourth-order valence-electron chi connectivity index (χ4n) is 8.01. The normalized spacial score (nSPS) is 13.1. The van der Waals surface area contributed by atoms with Crippen LogP contribution in [0.4, 0.5) is 17.1 Å². The van der Waals surface area contributed by atoms with Crippen molar-refractivity contribution in [1.82, 2.24) is 4.57 Å². The lowest BCUT2D eigenvalue weighted by Gasteiger charge is -2.35. The van der Waals surface area contributed by atoms with Gasteiger partial charge >= 0.3 is 0 Å². The van der Waals surface area contributed by atoms with Gasteiger partial charge in [-0.25, -0.2) is 0 Å². The Balaban J connectivity index is 1.48. The Morgan fingerprint density at radius 2 is 1.05 bits per heavy atom. The van der Waals surface area contributed by atoms with Gasteiger partial charge in [-0.3, -0.25) is 0 Å². The van der Waals surface area contributed by atoms with Gasteiger partial charge in [-0.2, -0.15) is 0 Å². The van der Waals surface area contributed by atoms with Crippen molar-refractivity contribution in [2.75, 3.05) is 4.90 Å². The highest BCUT2D eigenvalue weighted by atomic mass is 15.2. The zero-order valence-corrected chi connectivity index (χ0v) is 25.4. The van der Waals surface area contributed by atoms with E-state index in [1.807, 2.05) is 0 Å². The van der Waals surface area contributed by atoms with Crippen LogP contribution in [-0.4, -0.2) is 4.57 Å². The summed E-state index contributed by atoms with van der Waals surface area (Å²) in [5.41, 5.74) is 11.7. The summed E-state index contributed by atoms with van der Waals surface area (Å²) in [6.07, 6.45) is 0. The molecule has 1 aromatic heterocycles. The van der Waals surface area contributed by atoms with Gasteiger partial charge in [0.25, 0.3) is 0 Å². The predicted octanol–water partition coefficient (Wildman–Crippen LogP) is 12.0. The van der Waals surface area contributed by atoms with Gasteiger partial charge in [0, 0.05) is 16.2 Å². The van der Waals surface area contributed by atoms with Crippen LogP contribution in [0.25, 0.3) is 59.8 Å². The highest BCUT2D eigenvalue weighted by Gasteiger charge is 2.30. The Labute approximate surface area is 252 Å². The molecule has 0 fully saturated rings. The molecule has 0 bridgehead atoms. The summed E-state index contributed by atoms with van der Waals surface area (Å²) in [7, 11) is 0. The van der Waals surface area contributed by atoms with Crippen LogP contribution in [0.15, 0.2) is 103 Å². The van der Waals surface area contributed by atoms with E-state index in [2.05, 4.69) is 147 Å². The minimum absolute atomic E-state index is 0.385. The quantitative estimate of drug-likeness (QED) is 0.197. The molecule has 2 heterocycles. The average Bonchev–Trinajstić information content (AvgIpc) is 3.36. The number of rotatable bonds is 3. The zero-order chi connectivity index (χ0) is 29.1. The summed E-state index contributed by atoms with van der Waals surface area (Å²) < 4.78 is 2.48. The van der Waals surface area contributed by atoms with Gasteiger partial charge in [0.05, 0.1) is 33.8 Å². The number of nitrogens with zero attached hydrogens (tertiary/aromatic N) is 2. The Bertz CT molecular complexity index is 2420. The fourth-order valence-corrected chi connectivity index (χ4v) is 8.01. The van der Waals surface area contributed by atoms with Crippen LogP contribution >= 0.6 is 0 Å². The van der Waals surface area contributed by atoms with Crippen LogP contribution < -0.4 is 4.90 Å². The summed E-state index contributed by atoms with van der Waals surface area (Å²) in [5.74, 6) is 0.845. The lowest BCUT2D eigenvalue weighted by molar-refractivity contribution is 0.875.